The number of hydrogen-bond acceptors (Lipinski definition) is 5. The van der Waals surface area contributed by atoms with Crippen LogP contribution in [-0.4, -0.2) is 27.8 Å². The molecule has 3 N–H and O–H groups in total. The molecule has 0 fully saturated rings. The topological polar surface area (TPSA) is 101 Å². The Bertz CT molecular complexity index is 948. The maximum Gasteiger partial charge on any atom is 0.330 e. The number of thioether (sulfide) groups is 1. The van der Waals surface area contributed by atoms with Crippen LogP contribution in [-0.2, 0) is 11.3 Å². The van der Waals surface area contributed by atoms with Gasteiger partial charge in [0.25, 0.3) is 5.56 Å². The van der Waals surface area contributed by atoms with Crippen molar-refractivity contribution < 1.29 is 4.79 Å². The highest BCUT2D eigenvalue weighted by Crippen LogP contribution is 2.23. The van der Waals surface area contributed by atoms with E-state index in [1.54, 1.807) is 0 Å². The number of aryl methyl sites for hydroxylation is 1. The fourth-order valence-electron chi connectivity index (χ4n) is 2.92. The molecule has 0 aliphatic carbocycles. The van der Waals surface area contributed by atoms with Gasteiger partial charge in [-0.05, 0) is 31.4 Å². The Morgan fingerprint density at radius 1 is 1.24 bits per heavy atom. The maximum atomic E-state index is 13.0. The third kappa shape index (κ3) is 6.00. The van der Waals surface area contributed by atoms with E-state index >= 15 is 0 Å². The highest BCUT2D eigenvalue weighted by atomic mass is 32.2. The van der Waals surface area contributed by atoms with Crippen LogP contribution in [0.15, 0.2) is 38.8 Å². The van der Waals surface area contributed by atoms with Crippen LogP contribution in [0.3, 0.4) is 0 Å². The molecule has 8 heteroatoms. The van der Waals surface area contributed by atoms with E-state index in [4.69, 9.17) is 5.73 Å². The molecule has 2 aromatic rings. The second-order valence-electron chi connectivity index (χ2n) is 7.50. The SMILES string of the molecule is CCCCn1c(N)c(N(CC(C)C)C(=O)CSc2ccc(C)cc2)c(=O)[nH]c1=O. The van der Waals surface area contributed by atoms with Crippen LogP contribution in [0.25, 0.3) is 0 Å². The van der Waals surface area contributed by atoms with Gasteiger partial charge in [-0.3, -0.25) is 19.1 Å². The fraction of sp³-hybridized carbons (Fsp3) is 0.476. The number of rotatable bonds is 9. The number of hydrogen-bond donors (Lipinski definition) is 2. The van der Waals surface area contributed by atoms with Crippen LogP contribution in [0.2, 0.25) is 0 Å². The Hall–Kier alpha value is -2.48. The van der Waals surface area contributed by atoms with Crippen molar-refractivity contribution in [3.63, 3.8) is 0 Å². The third-order valence-corrected chi connectivity index (χ3v) is 5.45. The number of amides is 1. The van der Waals surface area contributed by atoms with Crippen LogP contribution in [0.1, 0.15) is 39.2 Å². The van der Waals surface area contributed by atoms with Crippen molar-refractivity contribution in [2.24, 2.45) is 5.92 Å². The van der Waals surface area contributed by atoms with Gasteiger partial charge in [0.2, 0.25) is 5.91 Å². The zero-order valence-corrected chi connectivity index (χ0v) is 18.3. The molecular formula is C21H30N4O3S. The summed E-state index contributed by atoms with van der Waals surface area (Å²) in [4.78, 5) is 42.5. The number of carbonyl (C=O) groups excluding carboxylic acids is 1. The molecule has 2 rings (SSSR count). The number of aromatic nitrogens is 2. The normalized spacial score (nSPS) is 11.1. The van der Waals surface area contributed by atoms with Gasteiger partial charge in [0.15, 0.2) is 5.69 Å². The van der Waals surface area contributed by atoms with E-state index < -0.39 is 11.2 Å². The van der Waals surface area contributed by atoms with E-state index in [9.17, 15) is 14.4 Å². The first-order valence-electron chi connectivity index (χ1n) is 9.87. The minimum Gasteiger partial charge on any atom is -0.383 e. The molecule has 0 atom stereocenters. The first kappa shape index (κ1) is 22.8. The van der Waals surface area contributed by atoms with Gasteiger partial charge in [-0.1, -0.05) is 44.9 Å². The van der Waals surface area contributed by atoms with E-state index in [1.165, 1.54) is 21.2 Å². The van der Waals surface area contributed by atoms with E-state index in [2.05, 4.69) is 4.98 Å². The minimum absolute atomic E-state index is 0.0431. The second-order valence-corrected chi connectivity index (χ2v) is 8.55. The van der Waals surface area contributed by atoms with E-state index in [-0.39, 0.29) is 29.1 Å². The Kier molecular flexibility index (Phi) is 8.13. The fourth-order valence-corrected chi connectivity index (χ4v) is 3.69. The van der Waals surface area contributed by atoms with Crippen LogP contribution in [0, 0.1) is 12.8 Å². The van der Waals surface area contributed by atoms with Gasteiger partial charge < -0.3 is 10.6 Å². The molecule has 0 aliphatic heterocycles. The third-order valence-electron chi connectivity index (χ3n) is 4.45. The average Bonchev–Trinajstić information content (AvgIpc) is 2.66. The molecule has 0 spiro atoms. The van der Waals surface area contributed by atoms with E-state index in [0.29, 0.717) is 13.1 Å². The van der Waals surface area contributed by atoms with Crippen molar-refractivity contribution in [2.75, 3.05) is 22.9 Å². The molecule has 1 amide bonds. The molecule has 0 saturated carbocycles. The lowest BCUT2D eigenvalue weighted by Crippen LogP contribution is -2.43. The van der Waals surface area contributed by atoms with Crippen molar-refractivity contribution in [3.05, 3.63) is 50.7 Å². The van der Waals surface area contributed by atoms with Crippen molar-refractivity contribution in [2.45, 2.75) is 52.0 Å². The van der Waals surface area contributed by atoms with Crippen LogP contribution in [0.4, 0.5) is 11.5 Å². The standard InChI is InChI=1S/C21H30N4O3S/c1-5-6-11-24-19(22)18(20(27)23-21(24)28)25(12-14(2)3)17(26)13-29-16-9-7-15(4)8-10-16/h7-10,14H,5-6,11-13,22H2,1-4H3,(H,23,27,28). The molecule has 1 aromatic heterocycles. The van der Waals surface area contributed by atoms with Crippen molar-refractivity contribution in [3.8, 4) is 0 Å². The molecule has 0 bridgehead atoms. The Morgan fingerprint density at radius 3 is 2.48 bits per heavy atom. The molecule has 29 heavy (non-hydrogen) atoms. The van der Waals surface area contributed by atoms with Gasteiger partial charge in [0.1, 0.15) is 5.82 Å². The number of nitrogens with two attached hydrogens (primary N) is 1. The van der Waals surface area contributed by atoms with Gasteiger partial charge in [-0.25, -0.2) is 4.79 Å². The quantitative estimate of drug-likeness (QED) is 0.610. The number of nitrogens with one attached hydrogen (secondary N) is 1. The molecule has 1 heterocycles. The zero-order valence-electron chi connectivity index (χ0n) is 17.5. The monoisotopic (exact) mass is 418 g/mol. The van der Waals surface area contributed by atoms with Crippen molar-refractivity contribution in [1.29, 1.82) is 0 Å². The largest absolute Gasteiger partial charge is 0.383 e. The molecule has 0 radical (unpaired) electrons. The van der Waals surface area contributed by atoms with Gasteiger partial charge in [-0.15, -0.1) is 11.8 Å². The summed E-state index contributed by atoms with van der Waals surface area (Å²) in [6.07, 6.45) is 1.62. The summed E-state index contributed by atoms with van der Waals surface area (Å²) in [5.41, 5.74) is 6.24. The number of unbranched alkanes of at least 4 members (excludes halogenated alkanes) is 1. The summed E-state index contributed by atoms with van der Waals surface area (Å²) in [5.74, 6) is 0.116. The summed E-state index contributed by atoms with van der Waals surface area (Å²) >= 11 is 1.41. The Balaban J connectivity index is 2.35. The smallest absolute Gasteiger partial charge is 0.330 e. The number of nitrogen functional groups attached to an aromatic ring is 1. The van der Waals surface area contributed by atoms with Crippen molar-refractivity contribution in [1.82, 2.24) is 9.55 Å². The number of anilines is 2. The molecule has 0 aliphatic rings. The number of carbonyl (C=O) groups is 1. The van der Waals surface area contributed by atoms with Crippen molar-refractivity contribution >= 4 is 29.2 Å². The lowest BCUT2D eigenvalue weighted by molar-refractivity contribution is -0.116. The first-order valence-corrected chi connectivity index (χ1v) is 10.9. The molecule has 0 saturated heterocycles. The summed E-state index contributed by atoms with van der Waals surface area (Å²) in [6.45, 7) is 8.67. The van der Waals surface area contributed by atoms with Crippen LogP contribution >= 0.6 is 11.8 Å². The van der Waals surface area contributed by atoms with E-state index in [0.717, 1.165) is 23.3 Å². The summed E-state index contributed by atoms with van der Waals surface area (Å²) in [5, 5.41) is 0. The molecular weight excluding hydrogens is 388 g/mol. The summed E-state index contributed by atoms with van der Waals surface area (Å²) in [6, 6.07) is 7.91. The van der Waals surface area contributed by atoms with Gasteiger partial charge >= 0.3 is 5.69 Å². The predicted molar refractivity (Wildman–Crippen MR) is 120 cm³/mol. The molecule has 7 nitrogen and oxygen atoms in total. The molecule has 158 valence electrons. The van der Waals surface area contributed by atoms with Gasteiger partial charge in [0, 0.05) is 18.0 Å². The maximum absolute atomic E-state index is 13.0. The molecule has 1 aromatic carbocycles. The van der Waals surface area contributed by atoms with Gasteiger partial charge in [-0.2, -0.15) is 0 Å². The second kappa shape index (κ2) is 10.3. The summed E-state index contributed by atoms with van der Waals surface area (Å²) < 4.78 is 1.34. The Labute approximate surface area is 175 Å². The summed E-state index contributed by atoms with van der Waals surface area (Å²) in [7, 11) is 0. The lowest BCUT2D eigenvalue weighted by atomic mass is 10.2. The number of nitrogens with zero attached hydrogens (tertiary/aromatic N) is 2. The van der Waals surface area contributed by atoms with Crippen LogP contribution < -0.4 is 21.9 Å². The first-order chi connectivity index (χ1) is 13.7. The Morgan fingerprint density at radius 2 is 1.90 bits per heavy atom. The minimum atomic E-state index is -0.630. The molecule has 0 unspecified atom stereocenters. The van der Waals surface area contributed by atoms with Gasteiger partial charge in [0.05, 0.1) is 5.75 Å². The number of aromatic amines is 1. The van der Waals surface area contributed by atoms with E-state index in [1.807, 2.05) is 52.0 Å². The highest BCUT2D eigenvalue weighted by molar-refractivity contribution is 8.00. The number of benzene rings is 1. The number of H-pyrrole nitrogens is 1. The highest BCUT2D eigenvalue weighted by Gasteiger charge is 2.25. The predicted octanol–water partition coefficient (Wildman–Crippen LogP) is 3.01. The lowest BCUT2D eigenvalue weighted by Gasteiger charge is -2.26. The van der Waals surface area contributed by atoms with Crippen LogP contribution in [0.5, 0.6) is 0 Å². The average molecular weight is 419 g/mol. The zero-order chi connectivity index (χ0) is 21.6.